The first-order valence-corrected chi connectivity index (χ1v) is 10.7. The summed E-state index contributed by atoms with van der Waals surface area (Å²) >= 11 is 0. The number of pyridine rings is 1. The van der Waals surface area contributed by atoms with Crippen molar-refractivity contribution in [1.82, 2.24) is 4.57 Å². The van der Waals surface area contributed by atoms with Gasteiger partial charge in [0.1, 0.15) is 0 Å². The minimum Gasteiger partial charge on any atom is -0.481 e. The van der Waals surface area contributed by atoms with Crippen molar-refractivity contribution in [3.05, 3.63) is 69.0 Å². The standard InChI is InChI=1S/C25H25F2NO3/c1-2-28-22-10-9-16(13-21(22)18-4-3-5-19(18)25(28)31)20-12-15(7-11-24(29)30)6-8-17(20)14-23(26)27/h6,8-10,12-13,23H,2-5,7,11,14H2,1H3,(H,29,30). The van der Waals surface area contributed by atoms with E-state index in [-0.39, 0.29) is 18.4 Å². The van der Waals surface area contributed by atoms with Gasteiger partial charge in [0.25, 0.3) is 5.56 Å². The third kappa shape index (κ3) is 4.11. The van der Waals surface area contributed by atoms with Crippen LogP contribution in [0.15, 0.2) is 41.2 Å². The summed E-state index contributed by atoms with van der Waals surface area (Å²) in [6.07, 6.45) is 0.0569. The summed E-state index contributed by atoms with van der Waals surface area (Å²) in [4.78, 5) is 23.8. The Balaban J connectivity index is 1.89. The molecule has 1 aromatic heterocycles. The molecule has 0 amide bonds. The molecule has 4 nitrogen and oxygen atoms in total. The highest BCUT2D eigenvalue weighted by atomic mass is 19.3. The quantitative estimate of drug-likeness (QED) is 0.579. The summed E-state index contributed by atoms with van der Waals surface area (Å²) in [5.41, 5.74) is 5.74. The van der Waals surface area contributed by atoms with Gasteiger partial charge in [-0.2, -0.15) is 0 Å². The number of carbonyl (C=O) groups is 1. The summed E-state index contributed by atoms with van der Waals surface area (Å²) in [6.45, 7) is 2.52. The molecule has 31 heavy (non-hydrogen) atoms. The van der Waals surface area contributed by atoms with Gasteiger partial charge in [-0.25, -0.2) is 8.78 Å². The molecule has 6 heteroatoms. The number of rotatable bonds is 7. The van der Waals surface area contributed by atoms with E-state index in [9.17, 15) is 18.4 Å². The molecule has 3 aromatic rings. The Labute approximate surface area is 179 Å². The summed E-state index contributed by atoms with van der Waals surface area (Å²) in [5.74, 6) is -0.892. The van der Waals surface area contributed by atoms with Gasteiger partial charge < -0.3 is 9.67 Å². The number of fused-ring (bicyclic) bond motifs is 3. The van der Waals surface area contributed by atoms with Gasteiger partial charge >= 0.3 is 5.97 Å². The highest BCUT2D eigenvalue weighted by Gasteiger charge is 2.21. The molecule has 0 atom stereocenters. The highest BCUT2D eigenvalue weighted by Crippen LogP contribution is 2.33. The van der Waals surface area contributed by atoms with Gasteiger partial charge in [0.05, 0.1) is 5.52 Å². The Kier molecular flexibility index (Phi) is 5.90. The molecule has 162 valence electrons. The largest absolute Gasteiger partial charge is 0.481 e. The van der Waals surface area contributed by atoms with Gasteiger partial charge in [0.2, 0.25) is 6.43 Å². The van der Waals surface area contributed by atoms with Crippen LogP contribution in [0, 0.1) is 0 Å². The molecule has 2 aromatic carbocycles. The monoisotopic (exact) mass is 425 g/mol. The van der Waals surface area contributed by atoms with Crippen molar-refractivity contribution < 1.29 is 18.7 Å². The van der Waals surface area contributed by atoms with Gasteiger partial charge in [0.15, 0.2) is 0 Å². The molecule has 4 rings (SSSR count). The first-order chi connectivity index (χ1) is 14.9. The molecular formula is C25H25F2NO3. The zero-order valence-electron chi connectivity index (χ0n) is 17.5. The molecule has 0 bridgehead atoms. The number of carboxylic acids is 1. The van der Waals surface area contributed by atoms with Crippen LogP contribution >= 0.6 is 0 Å². The summed E-state index contributed by atoms with van der Waals surface area (Å²) in [5, 5.41) is 9.99. The van der Waals surface area contributed by atoms with E-state index in [4.69, 9.17) is 5.11 Å². The van der Waals surface area contributed by atoms with Crippen molar-refractivity contribution in [3.8, 4) is 11.1 Å². The number of hydrogen-bond donors (Lipinski definition) is 1. The maximum absolute atomic E-state index is 13.2. The minimum absolute atomic E-state index is 0.0123. The van der Waals surface area contributed by atoms with Gasteiger partial charge in [-0.05, 0) is 72.6 Å². The first kappa shape index (κ1) is 21.2. The number of aryl methyl sites for hydroxylation is 3. The normalized spacial score (nSPS) is 13.2. The van der Waals surface area contributed by atoms with Gasteiger partial charge in [-0.15, -0.1) is 0 Å². The van der Waals surface area contributed by atoms with Gasteiger partial charge in [-0.3, -0.25) is 9.59 Å². The molecule has 0 unspecified atom stereocenters. The Morgan fingerprint density at radius 2 is 1.90 bits per heavy atom. The predicted molar refractivity (Wildman–Crippen MR) is 117 cm³/mol. The molecule has 0 spiro atoms. The highest BCUT2D eigenvalue weighted by molar-refractivity contribution is 5.89. The van der Waals surface area contributed by atoms with E-state index in [0.717, 1.165) is 52.4 Å². The summed E-state index contributed by atoms with van der Waals surface area (Å²) in [6, 6.07) is 11.0. The van der Waals surface area contributed by atoms with Crippen LogP contribution in [0.25, 0.3) is 22.0 Å². The van der Waals surface area contributed by atoms with Crippen LogP contribution < -0.4 is 5.56 Å². The molecule has 1 heterocycles. The van der Waals surface area contributed by atoms with Crippen LogP contribution in [0.4, 0.5) is 8.78 Å². The third-order valence-corrected chi connectivity index (χ3v) is 6.14. The number of halogens is 2. The predicted octanol–water partition coefficient (Wildman–Crippen LogP) is 5.00. The number of alkyl halides is 2. The van der Waals surface area contributed by atoms with E-state index < -0.39 is 12.4 Å². The Hall–Kier alpha value is -3.02. The SMILES string of the molecule is CCn1c(=O)c2c(c3cc(-c4cc(CCC(=O)O)ccc4CC(F)F)ccc31)CCC2. The molecule has 1 N–H and O–H groups in total. The van der Waals surface area contributed by atoms with Gasteiger partial charge in [-0.1, -0.05) is 24.3 Å². The third-order valence-electron chi connectivity index (χ3n) is 6.14. The van der Waals surface area contributed by atoms with Crippen molar-refractivity contribution in [1.29, 1.82) is 0 Å². The molecule has 0 radical (unpaired) electrons. The lowest BCUT2D eigenvalue weighted by molar-refractivity contribution is -0.136. The fourth-order valence-corrected chi connectivity index (χ4v) is 4.69. The van der Waals surface area contributed by atoms with Crippen LogP contribution in [0.3, 0.4) is 0 Å². The van der Waals surface area contributed by atoms with E-state index in [1.165, 1.54) is 0 Å². The molecule has 0 saturated carbocycles. The van der Waals surface area contributed by atoms with Crippen LogP contribution in [0.5, 0.6) is 0 Å². The van der Waals surface area contributed by atoms with Crippen molar-refractivity contribution in [3.63, 3.8) is 0 Å². The zero-order valence-corrected chi connectivity index (χ0v) is 17.5. The lowest BCUT2D eigenvalue weighted by Crippen LogP contribution is -2.23. The summed E-state index contributed by atoms with van der Waals surface area (Å²) in [7, 11) is 0. The Morgan fingerprint density at radius 3 is 2.61 bits per heavy atom. The van der Waals surface area contributed by atoms with Crippen molar-refractivity contribution >= 4 is 16.9 Å². The number of benzene rings is 2. The lowest BCUT2D eigenvalue weighted by atomic mass is 9.92. The number of hydrogen-bond acceptors (Lipinski definition) is 2. The van der Waals surface area contributed by atoms with E-state index in [1.54, 1.807) is 16.7 Å². The molecule has 0 fully saturated rings. The number of aliphatic carboxylic acids is 1. The second kappa shape index (κ2) is 8.61. The van der Waals surface area contributed by atoms with Crippen molar-refractivity contribution in [2.75, 3.05) is 0 Å². The van der Waals surface area contributed by atoms with E-state index in [2.05, 4.69) is 0 Å². The lowest BCUT2D eigenvalue weighted by Gasteiger charge is -2.16. The average molecular weight is 425 g/mol. The molecule has 0 aliphatic heterocycles. The smallest absolute Gasteiger partial charge is 0.303 e. The molecule has 1 aliphatic rings. The van der Waals surface area contributed by atoms with Crippen LogP contribution in [0.2, 0.25) is 0 Å². The topological polar surface area (TPSA) is 59.3 Å². The van der Waals surface area contributed by atoms with E-state index in [1.807, 2.05) is 31.2 Å². The van der Waals surface area contributed by atoms with Crippen molar-refractivity contribution in [2.24, 2.45) is 0 Å². The van der Waals surface area contributed by atoms with Crippen molar-refractivity contribution in [2.45, 2.75) is 58.4 Å². The maximum atomic E-state index is 13.2. The Bertz CT molecular complexity index is 1210. The first-order valence-electron chi connectivity index (χ1n) is 10.7. The number of aromatic nitrogens is 1. The average Bonchev–Trinajstić information content (AvgIpc) is 3.23. The molecule has 0 saturated heterocycles. The fraction of sp³-hybridized carbons (Fsp3) is 0.360. The molecular weight excluding hydrogens is 400 g/mol. The maximum Gasteiger partial charge on any atom is 0.303 e. The Morgan fingerprint density at radius 1 is 1.13 bits per heavy atom. The fourth-order valence-electron chi connectivity index (χ4n) is 4.69. The van der Waals surface area contributed by atoms with Crippen LogP contribution in [0.1, 0.15) is 42.0 Å². The summed E-state index contributed by atoms with van der Waals surface area (Å²) < 4.78 is 28.2. The number of nitrogens with zero attached hydrogens (tertiary/aromatic N) is 1. The second-order valence-electron chi connectivity index (χ2n) is 8.07. The van der Waals surface area contributed by atoms with Gasteiger partial charge in [0, 0.05) is 30.3 Å². The minimum atomic E-state index is -2.47. The molecule has 1 aliphatic carbocycles. The van der Waals surface area contributed by atoms with Crippen LogP contribution in [-0.4, -0.2) is 22.1 Å². The zero-order chi connectivity index (χ0) is 22.1. The number of carboxylic acid groups (broad SMARTS) is 1. The van der Waals surface area contributed by atoms with E-state index in [0.29, 0.717) is 24.1 Å². The van der Waals surface area contributed by atoms with E-state index >= 15 is 0 Å². The second-order valence-corrected chi connectivity index (χ2v) is 8.07. The van der Waals surface area contributed by atoms with Crippen LogP contribution in [-0.2, 0) is 37.0 Å².